The Hall–Kier alpha value is -1.62. The van der Waals surface area contributed by atoms with Gasteiger partial charge in [-0.2, -0.15) is 0 Å². The maximum Gasteiger partial charge on any atom is 0.252 e. The van der Waals surface area contributed by atoms with Gasteiger partial charge in [-0.15, -0.1) is 0 Å². The summed E-state index contributed by atoms with van der Waals surface area (Å²) in [5.41, 5.74) is 0. The predicted molar refractivity (Wildman–Crippen MR) is 75.4 cm³/mol. The van der Waals surface area contributed by atoms with Crippen LogP contribution in [0.3, 0.4) is 0 Å². The molecule has 1 atom stereocenters. The van der Waals surface area contributed by atoms with Crippen LogP contribution in [0.25, 0.3) is 0 Å². The standard InChI is InChI=1S/C14H16ClN3O2/c15-10-6-3-7-16-13(10)17-11-8-12(19)18(14(11)20)9-4-1-2-5-9/h3,6-7,9,11H,1-2,4-5,8H2,(H,16,17). The number of anilines is 1. The van der Waals surface area contributed by atoms with Crippen molar-refractivity contribution in [3.8, 4) is 0 Å². The second-order valence-electron chi connectivity index (χ2n) is 5.28. The van der Waals surface area contributed by atoms with Gasteiger partial charge >= 0.3 is 0 Å². The highest BCUT2D eigenvalue weighted by atomic mass is 35.5. The molecule has 2 heterocycles. The molecular weight excluding hydrogens is 278 g/mol. The largest absolute Gasteiger partial charge is 0.357 e. The summed E-state index contributed by atoms with van der Waals surface area (Å²) in [7, 11) is 0. The first kappa shape index (κ1) is 13.4. The Bertz CT molecular complexity index is 543. The second kappa shape index (κ2) is 5.40. The van der Waals surface area contributed by atoms with Gasteiger partial charge in [0.1, 0.15) is 11.9 Å². The molecule has 2 amide bonds. The Morgan fingerprint density at radius 3 is 2.75 bits per heavy atom. The minimum absolute atomic E-state index is 0.0843. The Kier molecular flexibility index (Phi) is 3.61. The summed E-state index contributed by atoms with van der Waals surface area (Å²) in [5, 5.41) is 3.44. The number of nitrogens with one attached hydrogen (secondary N) is 1. The average Bonchev–Trinajstić information content (AvgIpc) is 3.02. The first-order valence-electron chi connectivity index (χ1n) is 6.90. The van der Waals surface area contributed by atoms with Crippen molar-refractivity contribution in [1.82, 2.24) is 9.88 Å². The number of pyridine rings is 1. The van der Waals surface area contributed by atoms with Gasteiger partial charge in [0.05, 0.1) is 11.4 Å². The lowest BCUT2D eigenvalue weighted by Crippen LogP contribution is -2.41. The molecule has 2 aliphatic rings. The lowest BCUT2D eigenvalue weighted by atomic mass is 10.2. The SMILES string of the molecule is O=C1CC(Nc2ncccc2Cl)C(=O)N1C1CCCC1. The van der Waals surface area contributed by atoms with Crippen LogP contribution in [-0.2, 0) is 9.59 Å². The van der Waals surface area contributed by atoms with E-state index in [2.05, 4.69) is 10.3 Å². The Morgan fingerprint density at radius 1 is 1.30 bits per heavy atom. The van der Waals surface area contributed by atoms with Gasteiger partial charge in [0.25, 0.3) is 5.91 Å². The van der Waals surface area contributed by atoms with Crippen molar-refractivity contribution in [3.05, 3.63) is 23.4 Å². The third kappa shape index (κ3) is 2.38. The van der Waals surface area contributed by atoms with Crippen LogP contribution >= 0.6 is 11.6 Å². The van der Waals surface area contributed by atoms with Crippen molar-refractivity contribution in [2.45, 2.75) is 44.2 Å². The Labute approximate surface area is 122 Å². The monoisotopic (exact) mass is 293 g/mol. The van der Waals surface area contributed by atoms with E-state index < -0.39 is 6.04 Å². The zero-order chi connectivity index (χ0) is 14.1. The van der Waals surface area contributed by atoms with Gasteiger partial charge in [-0.3, -0.25) is 14.5 Å². The molecule has 1 saturated heterocycles. The van der Waals surface area contributed by atoms with E-state index in [4.69, 9.17) is 11.6 Å². The van der Waals surface area contributed by atoms with E-state index in [0.29, 0.717) is 10.8 Å². The molecule has 1 aromatic rings. The number of hydrogen-bond acceptors (Lipinski definition) is 4. The Balaban J connectivity index is 1.74. The molecule has 1 N–H and O–H groups in total. The van der Waals surface area contributed by atoms with Crippen molar-refractivity contribution in [1.29, 1.82) is 0 Å². The first-order chi connectivity index (χ1) is 9.66. The highest BCUT2D eigenvalue weighted by Gasteiger charge is 2.43. The number of amides is 2. The number of hydrogen-bond donors (Lipinski definition) is 1. The molecular formula is C14H16ClN3O2. The smallest absolute Gasteiger partial charge is 0.252 e. The third-order valence-corrected chi connectivity index (χ3v) is 4.25. The molecule has 1 aromatic heterocycles. The fraction of sp³-hybridized carbons (Fsp3) is 0.500. The zero-order valence-electron chi connectivity index (χ0n) is 11.0. The maximum atomic E-state index is 12.4. The quantitative estimate of drug-likeness (QED) is 0.868. The predicted octanol–water partition coefficient (Wildman–Crippen LogP) is 2.22. The molecule has 1 unspecified atom stereocenters. The average molecular weight is 294 g/mol. The summed E-state index contributed by atoms with van der Waals surface area (Å²) in [6.45, 7) is 0. The van der Waals surface area contributed by atoms with Crippen LogP contribution in [0.15, 0.2) is 18.3 Å². The Morgan fingerprint density at radius 2 is 2.05 bits per heavy atom. The lowest BCUT2D eigenvalue weighted by Gasteiger charge is -2.22. The van der Waals surface area contributed by atoms with Crippen LogP contribution in [0.4, 0.5) is 5.82 Å². The molecule has 0 bridgehead atoms. The van der Waals surface area contributed by atoms with Crippen LogP contribution < -0.4 is 5.32 Å². The summed E-state index contributed by atoms with van der Waals surface area (Å²) in [6, 6.07) is 2.96. The van der Waals surface area contributed by atoms with E-state index >= 15 is 0 Å². The molecule has 20 heavy (non-hydrogen) atoms. The molecule has 5 nitrogen and oxygen atoms in total. The summed E-state index contributed by atoms with van der Waals surface area (Å²) >= 11 is 6.02. The molecule has 1 saturated carbocycles. The summed E-state index contributed by atoms with van der Waals surface area (Å²) in [4.78, 5) is 30.0. The number of imide groups is 1. The molecule has 6 heteroatoms. The van der Waals surface area contributed by atoms with E-state index in [1.165, 1.54) is 4.90 Å². The number of halogens is 1. The van der Waals surface area contributed by atoms with Crippen LogP contribution in [-0.4, -0.2) is 33.8 Å². The highest BCUT2D eigenvalue weighted by Crippen LogP contribution is 2.29. The molecule has 1 aliphatic carbocycles. The normalized spacial score (nSPS) is 23.6. The number of carbonyl (C=O) groups is 2. The highest BCUT2D eigenvalue weighted by molar-refractivity contribution is 6.33. The van der Waals surface area contributed by atoms with Crippen LogP contribution in [0.2, 0.25) is 5.02 Å². The van der Waals surface area contributed by atoms with Gasteiger partial charge in [-0.25, -0.2) is 4.98 Å². The van der Waals surface area contributed by atoms with Gasteiger partial charge in [0, 0.05) is 12.2 Å². The van der Waals surface area contributed by atoms with Gasteiger partial charge in [-0.1, -0.05) is 24.4 Å². The number of nitrogens with zero attached hydrogens (tertiary/aromatic N) is 2. The fourth-order valence-electron chi connectivity index (χ4n) is 2.97. The molecule has 0 radical (unpaired) electrons. The van der Waals surface area contributed by atoms with Crippen molar-refractivity contribution < 1.29 is 9.59 Å². The van der Waals surface area contributed by atoms with Crippen LogP contribution in [0.1, 0.15) is 32.1 Å². The minimum atomic E-state index is -0.546. The van der Waals surface area contributed by atoms with E-state index in [1.807, 2.05) is 0 Å². The van der Waals surface area contributed by atoms with Crippen molar-refractivity contribution in [3.63, 3.8) is 0 Å². The van der Waals surface area contributed by atoms with Gasteiger partial charge in [0.2, 0.25) is 5.91 Å². The van der Waals surface area contributed by atoms with Gasteiger partial charge in [-0.05, 0) is 25.0 Å². The van der Waals surface area contributed by atoms with E-state index in [9.17, 15) is 9.59 Å². The van der Waals surface area contributed by atoms with Crippen molar-refractivity contribution >= 4 is 29.2 Å². The lowest BCUT2D eigenvalue weighted by molar-refractivity contribution is -0.141. The summed E-state index contributed by atoms with van der Waals surface area (Å²) in [5.74, 6) is 0.212. The van der Waals surface area contributed by atoms with Crippen LogP contribution in [0, 0.1) is 0 Å². The van der Waals surface area contributed by atoms with Crippen LogP contribution in [0.5, 0.6) is 0 Å². The second-order valence-corrected chi connectivity index (χ2v) is 5.68. The van der Waals surface area contributed by atoms with Crippen molar-refractivity contribution in [2.24, 2.45) is 0 Å². The van der Waals surface area contributed by atoms with Crippen molar-refractivity contribution in [2.75, 3.05) is 5.32 Å². The molecule has 0 aromatic carbocycles. The van der Waals surface area contributed by atoms with E-state index in [-0.39, 0.29) is 24.3 Å². The molecule has 106 valence electrons. The molecule has 1 aliphatic heterocycles. The van der Waals surface area contributed by atoms with Gasteiger partial charge in [0.15, 0.2) is 0 Å². The third-order valence-electron chi connectivity index (χ3n) is 3.94. The maximum absolute atomic E-state index is 12.4. The number of carbonyl (C=O) groups excluding carboxylic acids is 2. The number of rotatable bonds is 3. The van der Waals surface area contributed by atoms with E-state index in [1.54, 1.807) is 18.3 Å². The fourth-order valence-corrected chi connectivity index (χ4v) is 3.14. The molecule has 3 rings (SSSR count). The first-order valence-corrected chi connectivity index (χ1v) is 7.27. The number of likely N-dealkylation sites (tertiary alicyclic amines) is 1. The molecule has 2 fully saturated rings. The summed E-state index contributed by atoms with van der Waals surface area (Å²) in [6.07, 6.45) is 5.81. The van der Waals surface area contributed by atoms with E-state index in [0.717, 1.165) is 25.7 Å². The summed E-state index contributed by atoms with van der Waals surface area (Å²) < 4.78 is 0. The minimum Gasteiger partial charge on any atom is -0.357 e. The topological polar surface area (TPSA) is 62.3 Å². The molecule has 0 spiro atoms. The number of aromatic nitrogens is 1. The van der Waals surface area contributed by atoms with Gasteiger partial charge < -0.3 is 5.32 Å². The zero-order valence-corrected chi connectivity index (χ0v) is 11.8.